The summed E-state index contributed by atoms with van der Waals surface area (Å²) >= 11 is 0. The molecule has 0 spiro atoms. The fraction of sp³-hybridized carbons (Fsp3) is 0.957. The molecular weight excluding hydrogens is 352 g/mol. The molecule has 0 aliphatic carbocycles. The van der Waals surface area contributed by atoms with Crippen molar-refractivity contribution in [2.24, 2.45) is 11.7 Å². The van der Waals surface area contributed by atoms with Crippen molar-refractivity contribution in [3.8, 4) is 0 Å². The molecule has 1 heterocycles. The zero-order chi connectivity index (χ0) is 20.5. The third-order valence-corrected chi connectivity index (χ3v) is 5.91. The molecule has 2 atom stereocenters. The van der Waals surface area contributed by atoms with Gasteiger partial charge in [-0.3, -0.25) is 9.69 Å². The van der Waals surface area contributed by atoms with Crippen molar-refractivity contribution in [2.45, 2.75) is 103 Å². The summed E-state index contributed by atoms with van der Waals surface area (Å²) in [7, 11) is 0. The second kappa shape index (κ2) is 17.4. The molecule has 28 heavy (non-hydrogen) atoms. The molecule has 1 fully saturated rings. The number of rotatable bonds is 18. The maximum absolute atomic E-state index is 12.5. The molecule has 1 rings (SSSR count). The number of aliphatic hydroxyl groups is 1. The van der Waals surface area contributed by atoms with Gasteiger partial charge in [-0.05, 0) is 6.42 Å². The van der Waals surface area contributed by atoms with Gasteiger partial charge in [0.1, 0.15) is 12.0 Å². The van der Waals surface area contributed by atoms with Gasteiger partial charge in [-0.25, -0.2) is 0 Å². The third kappa shape index (κ3) is 12.9. The molecule has 0 saturated carbocycles. The number of unbranched alkanes of at least 4 members (excludes halogenated alkanes) is 12. The van der Waals surface area contributed by atoms with E-state index in [-0.39, 0.29) is 5.78 Å². The van der Waals surface area contributed by atoms with E-state index in [4.69, 9.17) is 10.5 Å². The van der Waals surface area contributed by atoms with Crippen molar-refractivity contribution in [1.82, 2.24) is 4.90 Å². The Morgan fingerprint density at radius 1 is 0.893 bits per heavy atom. The highest BCUT2D eigenvalue weighted by atomic mass is 16.5. The van der Waals surface area contributed by atoms with Crippen LogP contribution < -0.4 is 5.73 Å². The van der Waals surface area contributed by atoms with Gasteiger partial charge in [0.05, 0.1) is 19.1 Å². The topological polar surface area (TPSA) is 75.8 Å². The van der Waals surface area contributed by atoms with Gasteiger partial charge in [0.25, 0.3) is 0 Å². The predicted octanol–water partition coefficient (Wildman–Crippen LogP) is 4.26. The molecule has 1 saturated heterocycles. The molecule has 166 valence electrons. The van der Waals surface area contributed by atoms with Crippen molar-refractivity contribution >= 4 is 5.78 Å². The van der Waals surface area contributed by atoms with Crippen LogP contribution in [-0.2, 0) is 9.53 Å². The summed E-state index contributed by atoms with van der Waals surface area (Å²) < 4.78 is 5.33. The SMILES string of the molecule is CCCCCCCCCCCCCCCC(=O)C(CN1CCOCC1)C(N)O. The van der Waals surface area contributed by atoms with Gasteiger partial charge >= 0.3 is 0 Å². The average molecular weight is 399 g/mol. The van der Waals surface area contributed by atoms with Crippen molar-refractivity contribution < 1.29 is 14.6 Å². The van der Waals surface area contributed by atoms with Crippen LogP contribution in [0, 0.1) is 5.92 Å². The number of ketones is 1. The Balaban J connectivity index is 1.98. The quantitative estimate of drug-likeness (QED) is 0.266. The van der Waals surface area contributed by atoms with Gasteiger partial charge in [0, 0.05) is 26.1 Å². The van der Waals surface area contributed by atoms with Crippen molar-refractivity contribution in [1.29, 1.82) is 0 Å². The number of aliphatic hydroxyl groups excluding tert-OH is 1. The Labute approximate surface area is 173 Å². The number of nitrogens with two attached hydrogens (primary N) is 1. The highest BCUT2D eigenvalue weighted by Crippen LogP contribution is 2.15. The summed E-state index contributed by atoms with van der Waals surface area (Å²) in [5, 5.41) is 9.82. The van der Waals surface area contributed by atoms with Crippen LogP contribution in [0.3, 0.4) is 0 Å². The molecule has 5 heteroatoms. The van der Waals surface area contributed by atoms with E-state index in [1.165, 1.54) is 70.6 Å². The number of ether oxygens (including phenoxy) is 1. The molecule has 3 N–H and O–H groups in total. The number of carbonyl (C=O) groups excluding carboxylic acids is 1. The maximum atomic E-state index is 12.5. The second-order valence-corrected chi connectivity index (χ2v) is 8.47. The van der Waals surface area contributed by atoms with Crippen LogP contribution >= 0.6 is 0 Å². The Hall–Kier alpha value is -0.490. The molecule has 2 unspecified atom stereocenters. The minimum absolute atomic E-state index is 0.115. The van der Waals surface area contributed by atoms with Gasteiger partial charge in [-0.1, -0.05) is 84.0 Å². The lowest BCUT2D eigenvalue weighted by Crippen LogP contribution is -2.46. The van der Waals surface area contributed by atoms with Crippen LogP contribution in [0.5, 0.6) is 0 Å². The summed E-state index contributed by atoms with van der Waals surface area (Å²) in [6.45, 7) is 5.84. The molecule has 0 aromatic rings. The van der Waals surface area contributed by atoms with E-state index < -0.39 is 12.1 Å². The van der Waals surface area contributed by atoms with Crippen LogP contribution in [0.15, 0.2) is 0 Å². The molecule has 0 radical (unpaired) electrons. The predicted molar refractivity (Wildman–Crippen MR) is 116 cm³/mol. The molecular formula is C23H46N2O3. The molecule has 0 bridgehead atoms. The number of Topliss-reactive ketones (excluding diaryl/α,β-unsaturated/α-hetero) is 1. The number of carbonyl (C=O) groups is 1. The zero-order valence-corrected chi connectivity index (χ0v) is 18.4. The highest BCUT2D eigenvalue weighted by Gasteiger charge is 2.26. The summed E-state index contributed by atoms with van der Waals surface area (Å²) in [5.74, 6) is -0.347. The van der Waals surface area contributed by atoms with Crippen molar-refractivity contribution in [3.05, 3.63) is 0 Å². The maximum Gasteiger partial charge on any atom is 0.141 e. The zero-order valence-electron chi connectivity index (χ0n) is 18.4. The fourth-order valence-electron chi connectivity index (χ4n) is 3.96. The molecule has 0 aromatic carbocycles. The Bertz CT molecular complexity index is 371. The Morgan fingerprint density at radius 3 is 1.82 bits per heavy atom. The van der Waals surface area contributed by atoms with Crippen molar-refractivity contribution in [3.63, 3.8) is 0 Å². The lowest BCUT2D eigenvalue weighted by molar-refractivity contribution is -0.127. The third-order valence-electron chi connectivity index (χ3n) is 5.91. The van der Waals surface area contributed by atoms with Crippen LogP contribution in [0.2, 0.25) is 0 Å². The summed E-state index contributed by atoms with van der Waals surface area (Å²) in [4.78, 5) is 14.6. The van der Waals surface area contributed by atoms with E-state index >= 15 is 0 Å². The van der Waals surface area contributed by atoms with Gasteiger partial charge < -0.3 is 15.6 Å². The van der Waals surface area contributed by atoms with Crippen LogP contribution in [0.1, 0.15) is 96.8 Å². The lowest BCUT2D eigenvalue weighted by atomic mass is 9.96. The van der Waals surface area contributed by atoms with Crippen molar-refractivity contribution in [2.75, 3.05) is 32.8 Å². The van der Waals surface area contributed by atoms with Gasteiger partial charge in [0.2, 0.25) is 0 Å². The lowest BCUT2D eigenvalue weighted by Gasteiger charge is -2.30. The van der Waals surface area contributed by atoms with Crippen LogP contribution in [0.25, 0.3) is 0 Å². The number of hydrogen-bond donors (Lipinski definition) is 2. The first-order valence-corrected chi connectivity index (χ1v) is 11.9. The van der Waals surface area contributed by atoms with Gasteiger partial charge in [-0.15, -0.1) is 0 Å². The number of hydrogen-bond acceptors (Lipinski definition) is 5. The monoisotopic (exact) mass is 398 g/mol. The Kier molecular flexibility index (Phi) is 15.9. The summed E-state index contributed by atoms with van der Waals surface area (Å²) in [6.07, 6.45) is 16.4. The Morgan fingerprint density at radius 2 is 1.36 bits per heavy atom. The first-order chi connectivity index (χ1) is 13.6. The summed E-state index contributed by atoms with van der Waals surface area (Å²) in [6, 6.07) is 0. The van der Waals surface area contributed by atoms with Crippen LogP contribution in [-0.4, -0.2) is 54.9 Å². The minimum Gasteiger partial charge on any atom is -0.379 e. The second-order valence-electron chi connectivity index (χ2n) is 8.47. The first-order valence-electron chi connectivity index (χ1n) is 11.9. The molecule has 1 aliphatic rings. The van der Waals surface area contributed by atoms with E-state index in [0.29, 0.717) is 26.2 Å². The minimum atomic E-state index is -1.06. The molecule has 5 nitrogen and oxygen atoms in total. The summed E-state index contributed by atoms with van der Waals surface area (Å²) in [5.41, 5.74) is 5.68. The average Bonchev–Trinajstić information content (AvgIpc) is 2.70. The standard InChI is InChI=1S/C23H46N2O3/c1-2-3-4-5-6-7-8-9-10-11-12-13-14-15-22(26)21(23(24)27)20-25-16-18-28-19-17-25/h21,23,27H,2-20,24H2,1H3. The first kappa shape index (κ1) is 25.5. The fourth-order valence-corrected chi connectivity index (χ4v) is 3.96. The van der Waals surface area contributed by atoms with Gasteiger partial charge in [0.15, 0.2) is 0 Å². The normalized spacial score (nSPS) is 17.5. The van der Waals surface area contributed by atoms with E-state index in [1.807, 2.05) is 0 Å². The molecule has 0 aromatic heterocycles. The molecule has 1 aliphatic heterocycles. The number of nitrogens with zero attached hydrogens (tertiary/aromatic N) is 1. The van der Waals surface area contributed by atoms with E-state index in [9.17, 15) is 9.90 Å². The van der Waals surface area contributed by atoms with Crippen LogP contribution in [0.4, 0.5) is 0 Å². The highest BCUT2D eigenvalue weighted by molar-refractivity contribution is 5.81. The molecule has 0 amide bonds. The smallest absolute Gasteiger partial charge is 0.141 e. The number of morpholine rings is 1. The van der Waals surface area contributed by atoms with E-state index in [1.54, 1.807) is 0 Å². The van der Waals surface area contributed by atoms with E-state index in [2.05, 4.69) is 11.8 Å². The van der Waals surface area contributed by atoms with Gasteiger partial charge in [-0.2, -0.15) is 0 Å². The largest absolute Gasteiger partial charge is 0.379 e. The van der Waals surface area contributed by atoms with E-state index in [0.717, 1.165) is 25.9 Å².